The van der Waals surface area contributed by atoms with E-state index < -0.39 is 0 Å². The van der Waals surface area contributed by atoms with Crippen LogP contribution in [0.1, 0.15) is 48.9 Å². The Kier molecular flexibility index (Phi) is 5.74. The molecule has 20 heavy (non-hydrogen) atoms. The molecule has 1 aliphatic carbocycles. The van der Waals surface area contributed by atoms with Crippen LogP contribution in [-0.2, 0) is 0 Å². The van der Waals surface area contributed by atoms with Crippen LogP contribution < -0.4 is 5.32 Å². The van der Waals surface area contributed by atoms with Gasteiger partial charge in [0.2, 0.25) is 0 Å². The minimum Gasteiger partial charge on any atom is -0.304 e. The number of hydrogen-bond donors (Lipinski definition) is 1. The molecule has 1 aromatic carbocycles. The van der Waals surface area contributed by atoms with Crippen molar-refractivity contribution in [3.8, 4) is 0 Å². The normalized spacial score (nSPS) is 15.3. The van der Waals surface area contributed by atoms with Gasteiger partial charge in [-0.25, -0.2) is 4.98 Å². The molecule has 3 heteroatoms. The first kappa shape index (κ1) is 15.2. The van der Waals surface area contributed by atoms with E-state index in [4.69, 9.17) is 0 Å². The summed E-state index contributed by atoms with van der Waals surface area (Å²) in [5.41, 5.74) is 2.63. The van der Waals surface area contributed by atoms with Crippen LogP contribution in [0.5, 0.6) is 0 Å². The predicted octanol–water partition coefficient (Wildman–Crippen LogP) is 4.57. The zero-order chi connectivity index (χ0) is 14.4. The Hall–Kier alpha value is -1.19. The average Bonchev–Trinajstić information content (AvgIpc) is 3.14. The molecule has 0 amide bonds. The van der Waals surface area contributed by atoms with Crippen molar-refractivity contribution in [3.05, 3.63) is 52.0 Å². The van der Waals surface area contributed by atoms with E-state index in [0.717, 1.165) is 12.5 Å². The van der Waals surface area contributed by atoms with Gasteiger partial charge in [0, 0.05) is 11.6 Å². The van der Waals surface area contributed by atoms with Crippen LogP contribution in [0.25, 0.3) is 0 Å². The standard InChI is InChI=1S/C15H18N2S.C2H6/c1-11-3-2-4-13(9-11)14(15-16-7-8-18-15)17-10-12-5-6-12;1-2/h2-4,7-9,12,14,17H,5-6,10H2,1H3;1-2H3. The van der Waals surface area contributed by atoms with Crippen LogP contribution in [0.3, 0.4) is 0 Å². The fourth-order valence-corrected chi connectivity index (χ4v) is 2.92. The highest BCUT2D eigenvalue weighted by molar-refractivity contribution is 7.09. The molecule has 0 bridgehead atoms. The molecule has 0 radical (unpaired) electrons. The van der Waals surface area contributed by atoms with Crippen LogP contribution in [0.4, 0.5) is 0 Å². The van der Waals surface area contributed by atoms with Crippen LogP contribution >= 0.6 is 11.3 Å². The molecule has 2 aromatic rings. The molecule has 3 rings (SSSR count). The maximum Gasteiger partial charge on any atom is 0.114 e. The molecule has 1 N–H and O–H groups in total. The van der Waals surface area contributed by atoms with E-state index in [-0.39, 0.29) is 6.04 Å². The Labute approximate surface area is 126 Å². The van der Waals surface area contributed by atoms with E-state index in [9.17, 15) is 0 Å². The Morgan fingerprint density at radius 3 is 2.75 bits per heavy atom. The van der Waals surface area contributed by atoms with Gasteiger partial charge in [-0.15, -0.1) is 11.3 Å². The van der Waals surface area contributed by atoms with E-state index in [1.54, 1.807) is 11.3 Å². The average molecular weight is 288 g/mol. The molecular weight excluding hydrogens is 264 g/mol. The summed E-state index contributed by atoms with van der Waals surface area (Å²) in [6, 6.07) is 8.98. The maximum atomic E-state index is 4.48. The molecule has 0 saturated heterocycles. The zero-order valence-electron chi connectivity index (χ0n) is 12.6. The fraction of sp³-hybridized carbons (Fsp3) is 0.471. The van der Waals surface area contributed by atoms with Gasteiger partial charge in [0.1, 0.15) is 5.01 Å². The van der Waals surface area contributed by atoms with Crippen LogP contribution in [0.15, 0.2) is 35.8 Å². The lowest BCUT2D eigenvalue weighted by atomic mass is 10.0. The zero-order valence-corrected chi connectivity index (χ0v) is 13.4. The van der Waals surface area contributed by atoms with Crippen molar-refractivity contribution in [1.29, 1.82) is 0 Å². The molecule has 1 heterocycles. The summed E-state index contributed by atoms with van der Waals surface area (Å²) in [5, 5.41) is 6.90. The Bertz CT molecular complexity index is 503. The van der Waals surface area contributed by atoms with Crippen molar-refractivity contribution in [2.45, 2.75) is 39.7 Å². The summed E-state index contributed by atoms with van der Waals surface area (Å²) in [7, 11) is 0. The lowest BCUT2D eigenvalue weighted by molar-refractivity contribution is 0.571. The second-order valence-electron chi connectivity index (χ2n) is 5.07. The van der Waals surface area contributed by atoms with Crippen molar-refractivity contribution < 1.29 is 0 Å². The van der Waals surface area contributed by atoms with E-state index in [1.807, 2.05) is 20.0 Å². The van der Waals surface area contributed by atoms with E-state index in [1.165, 1.54) is 29.0 Å². The van der Waals surface area contributed by atoms with E-state index in [0.29, 0.717) is 0 Å². The molecule has 1 aliphatic rings. The van der Waals surface area contributed by atoms with Gasteiger partial charge in [0.05, 0.1) is 6.04 Å². The Morgan fingerprint density at radius 2 is 2.15 bits per heavy atom. The number of rotatable bonds is 5. The van der Waals surface area contributed by atoms with Crippen LogP contribution in [-0.4, -0.2) is 11.5 Å². The summed E-state index contributed by atoms with van der Waals surface area (Å²) in [4.78, 5) is 4.48. The summed E-state index contributed by atoms with van der Waals surface area (Å²) in [6.07, 6.45) is 4.65. The van der Waals surface area contributed by atoms with Crippen molar-refractivity contribution in [2.75, 3.05) is 6.54 Å². The predicted molar refractivity (Wildman–Crippen MR) is 87.2 cm³/mol. The third-order valence-corrected chi connectivity index (χ3v) is 4.22. The molecule has 1 unspecified atom stereocenters. The highest BCUT2D eigenvalue weighted by Crippen LogP contribution is 2.30. The molecular formula is C17H24N2S. The number of thiazole rings is 1. The Balaban J connectivity index is 0.000000704. The lowest BCUT2D eigenvalue weighted by Crippen LogP contribution is -2.24. The molecule has 0 aliphatic heterocycles. The summed E-state index contributed by atoms with van der Waals surface area (Å²) >= 11 is 1.73. The minimum atomic E-state index is 0.255. The monoisotopic (exact) mass is 288 g/mol. The van der Waals surface area contributed by atoms with Gasteiger partial charge in [-0.1, -0.05) is 43.7 Å². The minimum absolute atomic E-state index is 0.255. The van der Waals surface area contributed by atoms with Gasteiger partial charge < -0.3 is 5.32 Å². The highest BCUT2D eigenvalue weighted by atomic mass is 32.1. The number of nitrogens with one attached hydrogen (secondary N) is 1. The van der Waals surface area contributed by atoms with Crippen molar-refractivity contribution in [1.82, 2.24) is 10.3 Å². The number of hydrogen-bond acceptors (Lipinski definition) is 3. The fourth-order valence-electron chi connectivity index (χ4n) is 2.18. The van der Waals surface area contributed by atoms with Crippen molar-refractivity contribution in [3.63, 3.8) is 0 Å². The second-order valence-corrected chi connectivity index (χ2v) is 6.00. The SMILES string of the molecule is CC.Cc1cccc(C(NCC2CC2)c2nccs2)c1. The lowest BCUT2D eigenvalue weighted by Gasteiger charge is -2.17. The quantitative estimate of drug-likeness (QED) is 0.872. The number of aromatic nitrogens is 1. The molecule has 0 spiro atoms. The summed E-state index contributed by atoms with van der Waals surface area (Å²) in [6.45, 7) is 7.25. The number of benzene rings is 1. The van der Waals surface area contributed by atoms with E-state index in [2.05, 4.69) is 46.9 Å². The van der Waals surface area contributed by atoms with Crippen molar-refractivity contribution in [2.24, 2.45) is 5.92 Å². The first-order valence-electron chi connectivity index (χ1n) is 7.52. The van der Waals surface area contributed by atoms with Gasteiger partial charge in [0.15, 0.2) is 0 Å². The third-order valence-electron chi connectivity index (χ3n) is 3.38. The molecule has 1 atom stereocenters. The molecule has 108 valence electrons. The molecule has 1 fully saturated rings. The molecule has 1 aromatic heterocycles. The van der Waals surface area contributed by atoms with Crippen LogP contribution in [0, 0.1) is 12.8 Å². The second kappa shape index (κ2) is 7.55. The van der Waals surface area contributed by atoms with Gasteiger partial charge in [-0.2, -0.15) is 0 Å². The van der Waals surface area contributed by atoms with Crippen LogP contribution in [0.2, 0.25) is 0 Å². The largest absolute Gasteiger partial charge is 0.304 e. The summed E-state index contributed by atoms with van der Waals surface area (Å²) < 4.78 is 0. The third kappa shape index (κ3) is 4.15. The topological polar surface area (TPSA) is 24.9 Å². The first-order chi connectivity index (χ1) is 9.83. The van der Waals surface area contributed by atoms with E-state index >= 15 is 0 Å². The molecule has 1 saturated carbocycles. The number of nitrogens with zero attached hydrogens (tertiary/aromatic N) is 1. The number of aryl methyl sites for hydroxylation is 1. The highest BCUT2D eigenvalue weighted by Gasteiger charge is 2.24. The van der Waals surface area contributed by atoms with Gasteiger partial charge in [0.25, 0.3) is 0 Å². The first-order valence-corrected chi connectivity index (χ1v) is 8.40. The van der Waals surface area contributed by atoms with Crippen molar-refractivity contribution >= 4 is 11.3 Å². The Morgan fingerprint density at radius 1 is 1.35 bits per heavy atom. The summed E-state index contributed by atoms with van der Waals surface area (Å²) in [5.74, 6) is 0.886. The molecule has 2 nitrogen and oxygen atoms in total. The van der Waals surface area contributed by atoms with Gasteiger partial charge in [-0.05, 0) is 37.8 Å². The smallest absolute Gasteiger partial charge is 0.114 e. The van der Waals surface area contributed by atoms with Gasteiger partial charge >= 0.3 is 0 Å². The van der Waals surface area contributed by atoms with Gasteiger partial charge in [-0.3, -0.25) is 0 Å². The maximum absolute atomic E-state index is 4.48.